The molecule has 0 radical (unpaired) electrons. The Morgan fingerprint density at radius 2 is 1.02 bits per heavy atom. The Labute approximate surface area is 384 Å². The fourth-order valence-electron chi connectivity index (χ4n) is 9.57. The lowest BCUT2D eigenvalue weighted by Gasteiger charge is -2.46. The molecule has 14 heteroatoms. The van der Waals surface area contributed by atoms with Gasteiger partial charge in [-0.15, -0.1) is 0 Å². The van der Waals surface area contributed by atoms with Crippen LogP contribution in [0.3, 0.4) is 0 Å². The summed E-state index contributed by atoms with van der Waals surface area (Å²) in [6.07, 6.45) is 4.53. The highest BCUT2D eigenvalue weighted by atomic mass is 16.5. The molecule has 2 aliphatic rings. The van der Waals surface area contributed by atoms with E-state index < -0.39 is 11.9 Å². The van der Waals surface area contributed by atoms with E-state index in [1.165, 1.54) is 27.2 Å². The molecule has 14 nitrogen and oxygen atoms in total. The van der Waals surface area contributed by atoms with Gasteiger partial charge < -0.3 is 56.8 Å². The third-order valence-electron chi connectivity index (χ3n) is 13.2. The molecule has 2 heterocycles. The minimum Gasteiger partial charge on any atom is -0.493 e. The minimum absolute atomic E-state index is 0.0322. The van der Waals surface area contributed by atoms with Gasteiger partial charge in [0.25, 0.3) is 0 Å². The highest BCUT2D eigenvalue weighted by Crippen LogP contribution is 2.43. The second kappa shape index (κ2) is 22.9. The van der Waals surface area contributed by atoms with Crippen molar-refractivity contribution in [1.82, 2.24) is 0 Å². The SMILES string of the molecule is COc1ccc(C[C@@H]2c3cc(OC)c(OC)cc3CC[NH+]2CCCOC(=O)CCC(=O)OCCC[N@+]2(C)CCc3cc(OC)c(OC)cc3[C@H]2Cc2ccc(OC)c(OC)c2)cc1OC. The number of rotatable bonds is 23. The summed E-state index contributed by atoms with van der Waals surface area (Å²) < 4.78 is 57.0. The second-order valence-electron chi connectivity index (χ2n) is 16.9. The number of ether oxygens (including phenoxy) is 10. The number of carbonyl (C=O) groups excluding carboxylic acids is 2. The molecule has 352 valence electrons. The van der Waals surface area contributed by atoms with Gasteiger partial charge in [-0.05, 0) is 70.8 Å². The van der Waals surface area contributed by atoms with Crippen molar-refractivity contribution in [3.63, 3.8) is 0 Å². The van der Waals surface area contributed by atoms with Crippen LogP contribution in [0, 0.1) is 0 Å². The van der Waals surface area contributed by atoms with Crippen LogP contribution >= 0.6 is 0 Å². The van der Waals surface area contributed by atoms with E-state index in [0.717, 1.165) is 73.2 Å². The molecule has 0 amide bonds. The first-order valence-electron chi connectivity index (χ1n) is 22.4. The summed E-state index contributed by atoms with van der Waals surface area (Å²) in [7, 11) is 15.4. The number of benzene rings is 4. The van der Waals surface area contributed by atoms with E-state index in [-0.39, 0.29) is 38.1 Å². The van der Waals surface area contributed by atoms with E-state index in [9.17, 15) is 9.59 Å². The Balaban J connectivity index is 0.999. The smallest absolute Gasteiger partial charge is 0.306 e. The van der Waals surface area contributed by atoms with Gasteiger partial charge in [-0.25, -0.2) is 0 Å². The van der Waals surface area contributed by atoms with E-state index in [2.05, 4.69) is 43.4 Å². The zero-order chi connectivity index (χ0) is 46.5. The fraction of sp³-hybridized carbons (Fsp3) is 0.490. The van der Waals surface area contributed by atoms with Gasteiger partial charge in [-0.2, -0.15) is 0 Å². The molecule has 65 heavy (non-hydrogen) atoms. The molecule has 1 N–H and O–H groups in total. The Hall–Kier alpha value is -5.86. The number of hydrogen-bond donors (Lipinski definition) is 1. The number of nitrogens with one attached hydrogen (secondary N) is 1. The lowest BCUT2D eigenvalue weighted by Crippen LogP contribution is -3.13. The number of hydrogen-bond acceptors (Lipinski definition) is 12. The van der Waals surface area contributed by atoms with Crippen LogP contribution in [0.4, 0.5) is 0 Å². The van der Waals surface area contributed by atoms with Gasteiger partial charge in [0.1, 0.15) is 12.1 Å². The molecular weight excluding hydrogens is 833 g/mol. The standard InChI is InChI=1S/C51H67N2O12/c1-53(23-19-37-31-47(61-7)49(63-9)33-39(37)41(53)27-35-13-15-43(57-3)45(29-35)59-5)22-11-25-65-51(55)17-16-50(54)64-24-10-20-52-21-18-36-30-46(60-6)48(62-8)32-38(36)40(52)26-34-12-14-42(56-2)44(28-34)58-4/h12-15,28-33,40-41H,10-11,16-27H2,1-9H3/q+1/p+1/t40-,41-,53-/m1/s1. The van der Waals surface area contributed by atoms with Gasteiger partial charge in [0.2, 0.25) is 0 Å². The predicted molar refractivity (Wildman–Crippen MR) is 245 cm³/mol. The predicted octanol–water partition coefficient (Wildman–Crippen LogP) is 6.11. The van der Waals surface area contributed by atoms with Crippen LogP contribution in [0.1, 0.15) is 71.1 Å². The number of carbonyl (C=O) groups is 2. The Kier molecular flexibility index (Phi) is 17.1. The third kappa shape index (κ3) is 11.7. The average molecular weight is 901 g/mol. The maximum atomic E-state index is 12.9. The summed E-state index contributed by atoms with van der Waals surface area (Å²) in [6.45, 7) is 3.91. The number of quaternary nitrogens is 2. The zero-order valence-electron chi connectivity index (χ0n) is 39.7. The van der Waals surface area contributed by atoms with Crippen molar-refractivity contribution in [2.45, 2.75) is 63.5 Å². The van der Waals surface area contributed by atoms with Gasteiger partial charge >= 0.3 is 11.9 Å². The molecule has 0 saturated heterocycles. The maximum Gasteiger partial charge on any atom is 0.306 e. The molecule has 0 bridgehead atoms. The van der Waals surface area contributed by atoms with Crippen molar-refractivity contribution >= 4 is 11.9 Å². The van der Waals surface area contributed by atoms with Crippen LogP contribution in [0.2, 0.25) is 0 Å². The summed E-state index contributed by atoms with van der Waals surface area (Å²) in [4.78, 5) is 27.1. The van der Waals surface area contributed by atoms with Crippen LogP contribution < -0.4 is 42.8 Å². The van der Waals surface area contributed by atoms with Crippen LogP contribution in [0.5, 0.6) is 46.0 Å². The lowest BCUT2D eigenvalue weighted by atomic mass is 9.86. The van der Waals surface area contributed by atoms with Gasteiger partial charge in [0.15, 0.2) is 46.0 Å². The van der Waals surface area contributed by atoms with Gasteiger partial charge in [-0.1, -0.05) is 12.1 Å². The van der Waals surface area contributed by atoms with Crippen molar-refractivity contribution < 1.29 is 66.3 Å². The van der Waals surface area contributed by atoms with Crippen molar-refractivity contribution in [2.75, 3.05) is 103 Å². The Morgan fingerprint density at radius 1 is 0.554 bits per heavy atom. The van der Waals surface area contributed by atoms with E-state index in [1.54, 1.807) is 56.9 Å². The van der Waals surface area contributed by atoms with Gasteiger partial charge in [0, 0.05) is 49.7 Å². The fourth-order valence-corrected chi connectivity index (χ4v) is 9.57. The van der Waals surface area contributed by atoms with Crippen LogP contribution in [0.15, 0.2) is 60.7 Å². The molecule has 6 rings (SSSR count). The minimum atomic E-state index is -0.409. The first-order chi connectivity index (χ1) is 31.5. The highest BCUT2D eigenvalue weighted by Gasteiger charge is 2.40. The molecule has 4 atom stereocenters. The van der Waals surface area contributed by atoms with E-state index >= 15 is 0 Å². The molecule has 1 unspecified atom stereocenters. The third-order valence-corrected chi connectivity index (χ3v) is 13.2. The van der Waals surface area contributed by atoms with Gasteiger partial charge in [-0.3, -0.25) is 9.59 Å². The Morgan fingerprint density at radius 3 is 1.55 bits per heavy atom. The summed E-state index contributed by atoms with van der Waals surface area (Å²) in [6, 6.07) is 20.7. The quantitative estimate of drug-likeness (QED) is 0.0524. The van der Waals surface area contributed by atoms with E-state index in [1.807, 2.05) is 24.3 Å². The largest absolute Gasteiger partial charge is 0.493 e. The summed E-state index contributed by atoms with van der Waals surface area (Å²) in [5, 5.41) is 0. The van der Waals surface area contributed by atoms with E-state index in [0.29, 0.717) is 53.1 Å². The highest BCUT2D eigenvalue weighted by molar-refractivity contribution is 5.77. The lowest BCUT2D eigenvalue weighted by molar-refractivity contribution is -0.941. The van der Waals surface area contributed by atoms with Crippen LogP contribution in [-0.2, 0) is 44.7 Å². The zero-order valence-corrected chi connectivity index (χ0v) is 39.7. The molecule has 0 aromatic heterocycles. The maximum absolute atomic E-state index is 12.9. The topological polar surface area (TPSA) is 131 Å². The number of esters is 2. The molecule has 4 aromatic carbocycles. The molecule has 4 aromatic rings. The molecule has 0 saturated carbocycles. The van der Waals surface area contributed by atoms with Crippen molar-refractivity contribution in [3.05, 3.63) is 94.0 Å². The number of likely N-dealkylation sites (N-methyl/N-ethyl adjacent to an activating group) is 1. The molecule has 0 spiro atoms. The summed E-state index contributed by atoms with van der Waals surface area (Å²) in [5.41, 5.74) is 7.13. The molecular formula is C51H68N2O12+2. The van der Waals surface area contributed by atoms with Crippen molar-refractivity contribution in [3.8, 4) is 46.0 Å². The monoisotopic (exact) mass is 900 g/mol. The first-order valence-corrected chi connectivity index (χ1v) is 22.4. The van der Waals surface area contributed by atoms with Crippen molar-refractivity contribution in [1.29, 1.82) is 0 Å². The summed E-state index contributed by atoms with van der Waals surface area (Å²) >= 11 is 0. The van der Waals surface area contributed by atoms with Crippen molar-refractivity contribution in [2.24, 2.45) is 0 Å². The average Bonchev–Trinajstić information content (AvgIpc) is 3.33. The van der Waals surface area contributed by atoms with E-state index in [4.69, 9.17) is 47.4 Å². The number of fused-ring (bicyclic) bond motifs is 2. The molecule has 2 aliphatic heterocycles. The molecule has 0 fully saturated rings. The summed E-state index contributed by atoms with van der Waals surface area (Å²) in [5.74, 6) is 4.74. The van der Waals surface area contributed by atoms with Crippen LogP contribution in [0.25, 0.3) is 0 Å². The Bertz CT molecular complexity index is 2250. The number of nitrogens with zero attached hydrogens (tertiary/aromatic N) is 1. The first kappa shape index (κ1) is 48.6. The van der Waals surface area contributed by atoms with Gasteiger partial charge in [0.05, 0.1) is 116 Å². The van der Waals surface area contributed by atoms with Crippen LogP contribution in [-0.4, -0.2) is 120 Å². The number of methoxy groups -OCH3 is 8. The molecule has 0 aliphatic carbocycles. The second-order valence-corrected chi connectivity index (χ2v) is 16.9. The normalized spacial score (nSPS) is 18.6.